The number of amides is 1. The van der Waals surface area contributed by atoms with Crippen molar-refractivity contribution in [1.29, 1.82) is 0 Å². The zero-order chi connectivity index (χ0) is 22.5. The van der Waals surface area contributed by atoms with Gasteiger partial charge in [-0.2, -0.15) is 0 Å². The van der Waals surface area contributed by atoms with Crippen molar-refractivity contribution in [2.75, 3.05) is 5.32 Å². The van der Waals surface area contributed by atoms with Crippen LogP contribution >= 0.6 is 11.6 Å². The van der Waals surface area contributed by atoms with Crippen LogP contribution in [0.15, 0.2) is 85.1 Å². The number of rotatable bonds is 7. The molecule has 5 nitrogen and oxygen atoms in total. The Morgan fingerprint density at radius 1 is 1.00 bits per heavy atom. The van der Waals surface area contributed by atoms with Crippen LogP contribution in [0.25, 0.3) is 10.9 Å². The monoisotopic (exact) mass is 446 g/mol. The fraction of sp³-hybridized carbons (Fsp3) is 0.154. The first-order valence-corrected chi connectivity index (χ1v) is 10.7. The second kappa shape index (κ2) is 9.81. The van der Waals surface area contributed by atoms with E-state index in [0.29, 0.717) is 28.4 Å². The average Bonchev–Trinajstić information content (AvgIpc) is 3.15. The molecule has 3 aromatic carbocycles. The van der Waals surface area contributed by atoms with Gasteiger partial charge in [0, 0.05) is 22.2 Å². The maximum atomic E-state index is 13.1. The molecular weight excluding hydrogens is 424 g/mol. The molecule has 32 heavy (non-hydrogen) atoms. The van der Waals surface area contributed by atoms with Gasteiger partial charge in [-0.3, -0.25) is 14.2 Å². The van der Waals surface area contributed by atoms with Gasteiger partial charge < -0.3 is 10.1 Å². The van der Waals surface area contributed by atoms with E-state index in [9.17, 15) is 9.59 Å². The topological polar surface area (TPSA) is 60.3 Å². The molecule has 4 aromatic rings. The number of nitrogens with zero attached hydrogens (tertiary/aromatic N) is 1. The summed E-state index contributed by atoms with van der Waals surface area (Å²) in [5.74, 6) is -0.385. The first-order valence-electron chi connectivity index (χ1n) is 10.4. The number of halogens is 1. The van der Waals surface area contributed by atoms with E-state index in [-0.39, 0.29) is 24.3 Å². The van der Waals surface area contributed by atoms with Crippen molar-refractivity contribution >= 4 is 40.0 Å². The largest absolute Gasteiger partial charge is 0.373 e. The van der Waals surface area contributed by atoms with Gasteiger partial charge >= 0.3 is 0 Å². The van der Waals surface area contributed by atoms with Gasteiger partial charge in [0.1, 0.15) is 0 Å². The Labute approximate surface area is 191 Å². The lowest BCUT2D eigenvalue weighted by Gasteiger charge is -2.13. The smallest absolute Gasteiger partial charge is 0.262 e. The Morgan fingerprint density at radius 3 is 2.41 bits per heavy atom. The zero-order valence-electron chi connectivity index (χ0n) is 17.6. The molecule has 1 aromatic heterocycles. The molecule has 0 aliphatic rings. The third-order valence-corrected chi connectivity index (χ3v) is 5.37. The lowest BCUT2D eigenvalue weighted by molar-refractivity contribution is -0.118. The van der Waals surface area contributed by atoms with Crippen LogP contribution in [0, 0.1) is 0 Å². The molecular formula is C26H23ClN2O3. The van der Waals surface area contributed by atoms with Gasteiger partial charge in [0.25, 0.3) is 5.91 Å². The highest BCUT2D eigenvalue weighted by atomic mass is 35.5. The van der Waals surface area contributed by atoms with Crippen molar-refractivity contribution in [2.45, 2.75) is 26.1 Å². The minimum Gasteiger partial charge on any atom is -0.373 e. The summed E-state index contributed by atoms with van der Waals surface area (Å²) in [5.41, 5.74) is 2.79. The quantitative estimate of drug-likeness (QED) is 0.383. The Kier molecular flexibility index (Phi) is 6.69. The molecule has 0 aliphatic heterocycles. The van der Waals surface area contributed by atoms with Gasteiger partial charge in [-0.25, -0.2) is 0 Å². The summed E-state index contributed by atoms with van der Waals surface area (Å²) in [4.78, 5) is 25.7. The summed E-state index contributed by atoms with van der Waals surface area (Å²) in [5, 5.41) is 4.18. The van der Waals surface area contributed by atoms with Crippen molar-refractivity contribution in [3.05, 3.63) is 101 Å². The highest BCUT2D eigenvalue weighted by Gasteiger charge is 2.18. The van der Waals surface area contributed by atoms with Gasteiger partial charge in [-0.15, -0.1) is 0 Å². The van der Waals surface area contributed by atoms with Gasteiger partial charge in [-0.05, 0) is 42.8 Å². The van der Waals surface area contributed by atoms with Crippen LogP contribution in [0.3, 0.4) is 0 Å². The normalized spacial score (nSPS) is 11.9. The molecule has 162 valence electrons. The van der Waals surface area contributed by atoms with Gasteiger partial charge in [0.05, 0.1) is 30.3 Å². The molecule has 0 saturated heterocycles. The maximum Gasteiger partial charge on any atom is 0.262 e. The van der Waals surface area contributed by atoms with E-state index in [0.717, 1.165) is 10.9 Å². The van der Waals surface area contributed by atoms with Gasteiger partial charge in [-0.1, -0.05) is 60.1 Å². The maximum absolute atomic E-state index is 13.1. The number of benzene rings is 3. The fourth-order valence-electron chi connectivity index (χ4n) is 3.52. The number of anilines is 1. The summed E-state index contributed by atoms with van der Waals surface area (Å²) < 4.78 is 7.32. The minimum absolute atomic E-state index is 0.188. The molecule has 1 unspecified atom stereocenters. The van der Waals surface area contributed by atoms with Crippen molar-refractivity contribution in [3.63, 3.8) is 0 Å². The summed E-state index contributed by atoms with van der Waals surface area (Å²) >= 11 is 6.18. The number of hydrogen-bond donors (Lipinski definition) is 1. The zero-order valence-corrected chi connectivity index (χ0v) is 18.4. The first kappa shape index (κ1) is 21.8. The predicted molar refractivity (Wildman–Crippen MR) is 127 cm³/mol. The summed E-state index contributed by atoms with van der Waals surface area (Å²) in [6.45, 7) is 2.31. The highest BCUT2D eigenvalue weighted by molar-refractivity contribution is 6.31. The van der Waals surface area contributed by atoms with E-state index < -0.39 is 0 Å². The van der Waals surface area contributed by atoms with Crippen LogP contribution in [0.2, 0.25) is 5.02 Å². The molecule has 0 saturated carbocycles. The molecule has 1 amide bonds. The van der Waals surface area contributed by atoms with Gasteiger partial charge in [0.2, 0.25) is 5.91 Å². The number of nitrogens with one attached hydrogen (secondary N) is 1. The molecule has 6 heteroatoms. The van der Waals surface area contributed by atoms with E-state index in [2.05, 4.69) is 5.32 Å². The van der Waals surface area contributed by atoms with Crippen LogP contribution in [0.1, 0.15) is 29.3 Å². The van der Waals surface area contributed by atoms with Crippen molar-refractivity contribution in [1.82, 2.24) is 4.57 Å². The standard InChI is InChI=1S/C26H23ClN2O3/c1-18(32-17-19-8-4-2-5-9-19)14-25(30)28-23-16-29(24-15-21(27)12-13-22(23)24)26(31)20-10-6-3-7-11-20/h2-13,15-16,18H,14,17H2,1H3,(H,28,30). The second-order valence-corrected chi connectivity index (χ2v) is 8.04. The van der Waals surface area contributed by atoms with E-state index in [1.165, 1.54) is 4.57 Å². The van der Waals surface area contributed by atoms with Crippen LogP contribution in [-0.2, 0) is 16.1 Å². The number of ether oxygens (including phenoxy) is 1. The molecule has 4 rings (SSSR count). The molecule has 1 atom stereocenters. The summed E-state index contributed by atoms with van der Waals surface area (Å²) in [6.07, 6.45) is 1.58. The molecule has 0 aliphatic carbocycles. The lowest BCUT2D eigenvalue weighted by atomic mass is 10.2. The van der Waals surface area contributed by atoms with Crippen molar-refractivity contribution in [2.24, 2.45) is 0 Å². The highest BCUT2D eigenvalue weighted by Crippen LogP contribution is 2.29. The van der Waals surface area contributed by atoms with E-state index in [4.69, 9.17) is 16.3 Å². The number of carbonyl (C=O) groups excluding carboxylic acids is 2. The van der Waals surface area contributed by atoms with E-state index in [1.54, 1.807) is 36.5 Å². The Morgan fingerprint density at radius 2 is 1.69 bits per heavy atom. The van der Waals surface area contributed by atoms with Gasteiger partial charge in [0.15, 0.2) is 0 Å². The Hall–Kier alpha value is -3.41. The van der Waals surface area contributed by atoms with Crippen molar-refractivity contribution in [3.8, 4) is 0 Å². The van der Waals surface area contributed by atoms with Crippen LogP contribution < -0.4 is 5.32 Å². The molecule has 1 heterocycles. The van der Waals surface area contributed by atoms with Crippen LogP contribution in [-0.4, -0.2) is 22.5 Å². The number of aromatic nitrogens is 1. The second-order valence-electron chi connectivity index (χ2n) is 7.60. The molecule has 0 spiro atoms. The minimum atomic E-state index is -0.260. The number of fused-ring (bicyclic) bond motifs is 1. The molecule has 0 fully saturated rings. The number of carbonyl (C=O) groups is 2. The molecule has 0 radical (unpaired) electrons. The van der Waals surface area contributed by atoms with Crippen molar-refractivity contribution < 1.29 is 14.3 Å². The number of hydrogen-bond acceptors (Lipinski definition) is 3. The van der Waals surface area contributed by atoms with E-state index >= 15 is 0 Å². The van der Waals surface area contributed by atoms with Crippen LogP contribution in [0.5, 0.6) is 0 Å². The summed E-state index contributed by atoms with van der Waals surface area (Å²) in [7, 11) is 0. The van der Waals surface area contributed by atoms with E-state index in [1.807, 2.05) is 55.5 Å². The fourth-order valence-corrected chi connectivity index (χ4v) is 3.69. The summed E-state index contributed by atoms with van der Waals surface area (Å²) in [6, 6.07) is 24.1. The first-order chi connectivity index (χ1) is 15.5. The average molecular weight is 447 g/mol. The molecule has 1 N–H and O–H groups in total. The predicted octanol–water partition coefficient (Wildman–Crippen LogP) is 5.92. The van der Waals surface area contributed by atoms with Crippen LogP contribution in [0.4, 0.5) is 5.69 Å². The lowest BCUT2D eigenvalue weighted by Crippen LogP contribution is -2.20. The Balaban J connectivity index is 1.50. The molecule has 0 bridgehead atoms. The third kappa shape index (κ3) is 5.07. The Bertz CT molecular complexity index is 1240. The SMILES string of the molecule is CC(CC(=O)Nc1cn(C(=O)c2ccccc2)c2cc(Cl)ccc12)OCc1ccccc1. The third-order valence-electron chi connectivity index (χ3n) is 5.13.